The lowest BCUT2D eigenvalue weighted by Crippen LogP contribution is -2.10. The number of rotatable bonds is 7. The summed E-state index contributed by atoms with van der Waals surface area (Å²) in [5.74, 6) is 0.647. The molecule has 0 saturated heterocycles. The predicted octanol–water partition coefficient (Wildman–Crippen LogP) is 3.53. The van der Waals surface area contributed by atoms with Crippen molar-refractivity contribution in [1.82, 2.24) is 0 Å². The van der Waals surface area contributed by atoms with Crippen LogP contribution in [0, 0.1) is 5.92 Å². The van der Waals surface area contributed by atoms with Gasteiger partial charge in [0.15, 0.2) is 0 Å². The summed E-state index contributed by atoms with van der Waals surface area (Å²) in [6.07, 6.45) is 5.29. The molecule has 0 fully saturated rings. The van der Waals surface area contributed by atoms with Crippen molar-refractivity contribution in [3.05, 3.63) is 12.2 Å². The second kappa shape index (κ2) is 7.14. The number of hydrogen-bond donors (Lipinski definition) is 1. The van der Waals surface area contributed by atoms with E-state index < -0.39 is 0 Å². The summed E-state index contributed by atoms with van der Waals surface area (Å²) in [4.78, 5) is 0. The molecular weight excluding hydrogens is 160 g/mol. The molecule has 0 aliphatic rings. The molecule has 0 heterocycles. The number of allylic oxidation sites excluding steroid dienone is 1. The molecule has 0 spiro atoms. The third kappa shape index (κ3) is 8.04. The van der Waals surface area contributed by atoms with Gasteiger partial charge >= 0.3 is 0 Å². The Balaban J connectivity index is 3.39. The quantitative estimate of drug-likeness (QED) is 0.600. The monoisotopic (exact) mass is 184 g/mol. The second-order valence-electron chi connectivity index (χ2n) is 4.25. The van der Waals surface area contributed by atoms with Gasteiger partial charge in [-0.1, -0.05) is 25.8 Å². The number of hydrogen-bond acceptors (Lipinski definition) is 1. The molecule has 0 aliphatic carbocycles. The van der Waals surface area contributed by atoms with E-state index in [1.165, 1.54) is 18.4 Å². The Morgan fingerprint density at radius 2 is 2.08 bits per heavy atom. The average molecular weight is 184 g/mol. The van der Waals surface area contributed by atoms with Crippen LogP contribution in [0.15, 0.2) is 12.2 Å². The minimum absolute atomic E-state index is 0.0974. The van der Waals surface area contributed by atoms with E-state index in [9.17, 15) is 5.11 Å². The maximum absolute atomic E-state index is 9.42. The Kier molecular flexibility index (Phi) is 6.97. The van der Waals surface area contributed by atoms with Crippen molar-refractivity contribution in [3.8, 4) is 0 Å². The fourth-order valence-corrected chi connectivity index (χ4v) is 1.50. The van der Waals surface area contributed by atoms with Crippen molar-refractivity contribution in [2.24, 2.45) is 5.92 Å². The summed E-state index contributed by atoms with van der Waals surface area (Å²) in [5, 5.41) is 9.42. The zero-order valence-electron chi connectivity index (χ0n) is 9.34. The van der Waals surface area contributed by atoms with E-state index in [-0.39, 0.29) is 6.10 Å². The summed E-state index contributed by atoms with van der Waals surface area (Å²) in [7, 11) is 0. The van der Waals surface area contributed by atoms with Crippen LogP contribution in [0.25, 0.3) is 0 Å². The lowest BCUT2D eigenvalue weighted by molar-refractivity contribution is 0.139. The van der Waals surface area contributed by atoms with E-state index in [2.05, 4.69) is 20.4 Å². The fourth-order valence-electron chi connectivity index (χ4n) is 1.50. The van der Waals surface area contributed by atoms with Crippen LogP contribution in [0.3, 0.4) is 0 Å². The first-order valence-corrected chi connectivity index (χ1v) is 5.38. The molecule has 0 aromatic rings. The van der Waals surface area contributed by atoms with Crippen molar-refractivity contribution < 1.29 is 5.11 Å². The molecule has 2 atom stereocenters. The van der Waals surface area contributed by atoms with E-state index in [0.29, 0.717) is 5.92 Å². The first-order chi connectivity index (χ1) is 6.06. The van der Waals surface area contributed by atoms with Gasteiger partial charge in [-0.15, -0.1) is 6.58 Å². The topological polar surface area (TPSA) is 20.2 Å². The molecule has 0 amide bonds. The summed E-state index contributed by atoms with van der Waals surface area (Å²) >= 11 is 0. The van der Waals surface area contributed by atoms with Gasteiger partial charge in [-0.3, -0.25) is 0 Å². The molecule has 0 radical (unpaired) electrons. The van der Waals surface area contributed by atoms with Gasteiger partial charge < -0.3 is 5.11 Å². The van der Waals surface area contributed by atoms with Crippen LogP contribution in [0.5, 0.6) is 0 Å². The van der Waals surface area contributed by atoms with Gasteiger partial charge in [-0.05, 0) is 38.5 Å². The molecule has 1 heteroatoms. The summed E-state index contributed by atoms with van der Waals surface area (Å²) in [6, 6.07) is 0. The third-order valence-electron chi connectivity index (χ3n) is 2.45. The number of aliphatic hydroxyl groups is 1. The summed E-state index contributed by atoms with van der Waals surface area (Å²) in [5.41, 5.74) is 1.27. The molecule has 0 aromatic heterocycles. The Morgan fingerprint density at radius 3 is 2.54 bits per heavy atom. The van der Waals surface area contributed by atoms with E-state index in [1.807, 2.05) is 6.92 Å². The highest BCUT2D eigenvalue weighted by Crippen LogP contribution is 2.16. The molecule has 0 aliphatic heterocycles. The zero-order chi connectivity index (χ0) is 10.3. The Hall–Kier alpha value is -0.300. The van der Waals surface area contributed by atoms with Crippen LogP contribution in [0.1, 0.15) is 52.9 Å². The minimum Gasteiger partial charge on any atom is -0.393 e. The lowest BCUT2D eigenvalue weighted by atomic mass is 9.95. The molecule has 0 saturated carbocycles. The highest BCUT2D eigenvalue weighted by molar-refractivity contribution is 4.87. The van der Waals surface area contributed by atoms with Gasteiger partial charge in [0.1, 0.15) is 0 Å². The number of aliphatic hydroxyl groups excluding tert-OH is 1. The predicted molar refractivity (Wildman–Crippen MR) is 58.7 cm³/mol. The molecule has 0 aromatic carbocycles. The maximum Gasteiger partial charge on any atom is 0.0540 e. The van der Waals surface area contributed by atoms with Crippen molar-refractivity contribution in [1.29, 1.82) is 0 Å². The van der Waals surface area contributed by atoms with Crippen LogP contribution in [-0.4, -0.2) is 11.2 Å². The van der Waals surface area contributed by atoms with E-state index in [1.54, 1.807) is 0 Å². The van der Waals surface area contributed by atoms with Crippen LogP contribution in [0.2, 0.25) is 0 Å². The lowest BCUT2D eigenvalue weighted by Gasteiger charge is -2.14. The SMILES string of the molecule is C=C(C)CCCC(C)CC(O)CC. The van der Waals surface area contributed by atoms with Crippen molar-refractivity contribution in [2.45, 2.75) is 59.0 Å². The van der Waals surface area contributed by atoms with Gasteiger partial charge in [0, 0.05) is 0 Å². The van der Waals surface area contributed by atoms with Crippen molar-refractivity contribution in [3.63, 3.8) is 0 Å². The average Bonchev–Trinajstić information content (AvgIpc) is 2.03. The van der Waals surface area contributed by atoms with Crippen LogP contribution >= 0.6 is 0 Å². The molecular formula is C12H24O. The maximum atomic E-state index is 9.42. The molecule has 0 rings (SSSR count). The molecule has 78 valence electrons. The Bertz CT molecular complexity index is 140. The van der Waals surface area contributed by atoms with E-state index in [4.69, 9.17) is 0 Å². The van der Waals surface area contributed by atoms with Crippen molar-refractivity contribution >= 4 is 0 Å². The third-order valence-corrected chi connectivity index (χ3v) is 2.45. The van der Waals surface area contributed by atoms with Gasteiger partial charge in [0.05, 0.1) is 6.10 Å². The Morgan fingerprint density at radius 1 is 1.46 bits per heavy atom. The molecule has 1 N–H and O–H groups in total. The van der Waals surface area contributed by atoms with Gasteiger partial charge in [-0.25, -0.2) is 0 Å². The highest BCUT2D eigenvalue weighted by atomic mass is 16.3. The van der Waals surface area contributed by atoms with Crippen LogP contribution in [-0.2, 0) is 0 Å². The zero-order valence-corrected chi connectivity index (χ0v) is 9.34. The minimum atomic E-state index is -0.0974. The first-order valence-electron chi connectivity index (χ1n) is 5.38. The van der Waals surface area contributed by atoms with E-state index >= 15 is 0 Å². The van der Waals surface area contributed by atoms with Crippen LogP contribution in [0.4, 0.5) is 0 Å². The molecule has 0 bridgehead atoms. The summed E-state index contributed by atoms with van der Waals surface area (Å²) < 4.78 is 0. The van der Waals surface area contributed by atoms with Gasteiger partial charge in [0.25, 0.3) is 0 Å². The highest BCUT2D eigenvalue weighted by Gasteiger charge is 2.07. The van der Waals surface area contributed by atoms with Crippen LogP contribution < -0.4 is 0 Å². The first kappa shape index (κ1) is 12.7. The van der Waals surface area contributed by atoms with Crippen molar-refractivity contribution in [2.75, 3.05) is 0 Å². The molecule has 1 nitrogen and oxygen atoms in total. The Labute approximate surface area is 82.9 Å². The second-order valence-corrected chi connectivity index (χ2v) is 4.25. The normalized spacial score (nSPS) is 15.4. The largest absolute Gasteiger partial charge is 0.393 e. The fraction of sp³-hybridized carbons (Fsp3) is 0.833. The standard InChI is InChI=1S/C12H24O/c1-5-12(13)9-11(4)8-6-7-10(2)3/h11-13H,2,5-9H2,1,3-4H3. The smallest absolute Gasteiger partial charge is 0.0540 e. The van der Waals surface area contributed by atoms with Gasteiger partial charge in [0.2, 0.25) is 0 Å². The summed E-state index contributed by atoms with van der Waals surface area (Å²) in [6.45, 7) is 10.2. The molecule has 2 unspecified atom stereocenters. The van der Waals surface area contributed by atoms with Gasteiger partial charge in [-0.2, -0.15) is 0 Å². The van der Waals surface area contributed by atoms with E-state index in [0.717, 1.165) is 19.3 Å². The molecule has 13 heavy (non-hydrogen) atoms.